The highest BCUT2D eigenvalue weighted by molar-refractivity contribution is 6.23. The van der Waals surface area contributed by atoms with Gasteiger partial charge in [0.15, 0.2) is 0 Å². The van der Waals surface area contributed by atoms with Crippen LogP contribution in [0.2, 0.25) is 0 Å². The van der Waals surface area contributed by atoms with Gasteiger partial charge in [0.2, 0.25) is 0 Å². The molecule has 0 radical (unpaired) electrons. The summed E-state index contributed by atoms with van der Waals surface area (Å²) in [4.78, 5) is 9.55. The van der Waals surface area contributed by atoms with E-state index < -0.39 is 0 Å². The summed E-state index contributed by atoms with van der Waals surface area (Å²) in [5.74, 6) is 0. The topological polar surface area (TPSA) is 38.9 Å². The van der Waals surface area contributed by atoms with Crippen molar-refractivity contribution in [3.05, 3.63) is 182 Å². The highest BCUT2D eigenvalue weighted by atomic mass is 16.3. The SMILES string of the molecule is c1cc(-c2ccc3c4ccccc4c4nccnc4c3c2)cc(-c2cccc3c(-c4cccc(-c5cccc6c5oc5ccccc56)c4)cccc23)c1. The smallest absolute Gasteiger partial charge is 0.143 e. The molecule has 2 aromatic heterocycles. The van der Waals surface area contributed by atoms with Crippen LogP contribution in [-0.2, 0) is 0 Å². The molecule has 0 aliphatic rings. The Balaban J connectivity index is 1.02. The quantitative estimate of drug-likeness (QED) is 0.174. The van der Waals surface area contributed by atoms with Gasteiger partial charge in [-0.25, -0.2) is 0 Å². The van der Waals surface area contributed by atoms with Crippen LogP contribution in [0.5, 0.6) is 0 Å². The zero-order valence-corrected chi connectivity index (χ0v) is 28.6. The first kappa shape index (κ1) is 29.6. The largest absolute Gasteiger partial charge is 0.455 e. The molecule has 0 fully saturated rings. The minimum Gasteiger partial charge on any atom is -0.455 e. The molecule has 11 rings (SSSR count). The molecule has 0 amide bonds. The van der Waals surface area contributed by atoms with Gasteiger partial charge < -0.3 is 4.42 Å². The summed E-state index contributed by atoms with van der Waals surface area (Å²) < 4.78 is 6.41. The van der Waals surface area contributed by atoms with Gasteiger partial charge in [0, 0.05) is 39.5 Å². The highest BCUT2D eigenvalue weighted by Gasteiger charge is 2.15. The highest BCUT2D eigenvalue weighted by Crippen LogP contribution is 2.41. The predicted molar refractivity (Wildman–Crippen MR) is 221 cm³/mol. The Bertz CT molecular complexity index is 3210. The van der Waals surface area contributed by atoms with Gasteiger partial charge in [-0.05, 0) is 84.8 Å². The summed E-state index contributed by atoms with van der Waals surface area (Å²) in [5.41, 5.74) is 13.0. The number of furan rings is 1. The van der Waals surface area contributed by atoms with Crippen molar-refractivity contribution in [2.45, 2.75) is 0 Å². The molecule has 0 saturated carbocycles. The third kappa shape index (κ3) is 4.68. The maximum absolute atomic E-state index is 6.41. The average molecular weight is 675 g/mol. The second kappa shape index (κ2) is 11.7. The van der Waals surface area contributed by atoms with Crippen molar-refractivity contribution in [2.24, 2.45) is 0 Å². The lowest BCUT2D eigenvalue weighted by atomic mass is 9.90. The maximum Gasteiger partial charge on any atom is 0.143 e. The van der Waals surface area contributed by atoms with Crippen molar-refractivity contribution in [3.8, 4) is 44.5 Å². The number of hydrogen-bond acceptors (Lipinski definition) is 3. The van der Waals surface area contributed by atoms with E-state index in [1.807, 2.05) is 12.1 Å². The summed E-state index contributed by atoms with van der Waals surface area (Å²) >= 11 is 0. The maximum atomic E-state index is 6.41. The summed E-state index contributed by atoms with van der Waals surface area (Å²) in [6.45, 7) is 0. The molecule has 3 heteroatoms. The van der Waals surface area contributed by atoms with Gasteiger partial charge in [-0.1, -0.05) is 146 Å². The van der Waals surface area contributed by atoms with E-state index in [0.29, 0.717) is 0 Å². The molecule has 0 saturated heterocycles. The van der Waals surface area contributed by atoms with Crippen LogP contribution in [0.15, 0.2) is 187 Å². The van der Waals surface area contributed by atoms with Crippen molar-refractivity contribution in [3.63, 3.8) is 0 Å². The molecule has 0 N–H and O–H groups in total. The lowest BCUT2D eigenvalue weighted by molar-refractivity contribution is 0.670. The summed E-state index contributed by atoms with van der Waals surface area (Å²) in [7, 11) is 0. The van der Waals surface area contributed by atoms with Gasteiger partial charge in [0.1, 0.15) is 11.2 Å². The number of rotatable bonds is 4. The van der Waals surface area contributed by atoms with E-state index in [9.17, 15) is 0 Å². The van der Waals surface area contributed by atoms with Gasteiger partial charge in [-0.2, -0.15) is 0 Å². The van der Waals surface area contributed by atoms with Crippen LogP contribution in [0.25, 0.3) is 110 Å². The van der Waals surface area contributed by atoms with Crippen molar-refractivity contribution in [1.82, 2.24) is 9.97 Å². The van der Waals surface area contributed by atoms with Crippen LogP contribution in [0, 0.1) is 0 Å². The van der Waals surface area contributed by atoms with Crippen LogP contribution in [-0.4, -0.2) is 9.97 Å². The van der Waals surface area contributed by atoms with E-state index in [2.05, 4.69) is 158 Å². The van der Waals surface area contributed by atoms with Gasteiger partial charge in [-0.3, -0.25) is 9.97 Å². The standard InChI is InChI=1S/C50H30N2O/c1-2-16-44-41(14-1)42-25-24-32(30-46(42)49-48(44)51-26-27-52-49)31-10-5-11-33(28-31)36-17-7-21-40-37(18-8-20-39(36)40)34-12-6-13-35(29-34)38-19-9-22-45-43-15-3-4-23-47(43)53-50(38)45/h1-30H. The first-order chi connectivity index (χ1) is 26.3. The molecule has 9 aromatic carbocycles. The molecule has 11 aromatic rings. The van der Waals surface area contributed by atoms with Crippen LogP contribution in [0.4, 0.5) is 0 Å². The van der Waals surface area contributed by atoms with E-state index in [-0.39, 0.29) is 0 Å². The molecular formula is C50H30N2O. The normalized spacial score (nSPS) is 11.8. The second-order valence-electron chi connectivity index (χ2n) is 13.7. The van der Waals surface area contributed by atoms with Crippen molar-refractivity contribution >= 4 is 65.3 Å². The molecule has 2 heterocycles. The average Bonchev–Trinajstić information content (AvgIpc) is 3.62. The molecule has 0 bridgehead atoms. The molecule has 53 heavy (non-hydrogen) atoms. The Morgan fingerprint density at radius 1 is 0.302 bits per heavy atom. The van der Waals surface area contributed by atoms with Gasteiger partial charge in [-0.15, -0.1) is 0 Å². The van der Waals surface area contributed by atoms with E-state index >= 15 is 0 Å². The molecule has 0 atom stereocenters. The molecule has 0 aliphatic heterocycles. The zero-order valence-electron chi connectivity index (χ0n) is 28.6. The Kier molecular flexibility index (Phi) is 6.55. The Hall–Kier alpha value is -7.10. The van der Waals surface area contributed by atoms with Crippen LogP contribution in [0.3, 0.4) is 0 Å². The number of hydrogen-bond donors (Lipinski definition) is 0. The molecule has 246 valence electrons. The van der Waals surface area contributed by atoms with Gasteiger partial charge >= 0.3 is 0 Å². The van der Waals surface area contributed by atoms with E-state index in [0.717, 1.165) is 66.0 Å². The van der Waals surface area contributed by atoms with E-state index in [1.54, 1.807) is 12.4 Å². The first-order valence-corrected chi connectivity index (χ1v) is 18.0. The number of benzene rings is 9. The third-order valence-electron chi connectivity index (χ3n) is 10.8. The number of para-hydroxylation sites is 2. The van der Waals surface area contributed by atoms with Crippen LogP contribution in [0.1, 0.15) is 0 Å². The fourth-order valence-corrected chi connectivity index (χ4v) is 8.32. The monoisotopic (exact) mass is 674 g/mol. The predicted octanol–water partition coefficient (Wildman–Crippen LogP) is 13.7. The second-order valence-corrected chi connectivity index (χ2v) is 13.7. The van der Waals surface area contributed by atoms with Crippen molar-refractivity contribution < 1.29 is 4.42 Å². The van der Waals surface area contributed by atoms with Crippen LogP contribution >= 0.6 is 0 Å². The third-order valence-corrected chi connectivity index (χ3v) is 10.8. The minimum atomic E-state index is 0.911. The van der Waals surface area contributed by atoms with E-state index in [4.69, 9.17) is 14.4 Å². The molecule has 0 unspecified atom stereocenters. The van der Waals surface area contributed by atoms with Crippen molar-refractivity contribution in [1.29, 1.82) is 0 Å². The zero-order chi connectivity index (χ0) is 34.9. The lowest BCUT2D eigenvalue weighted by Gasteiger charge is -2.14. The van der Waals surface area contributed by atoms with Crippen molar-refractivity contribution in [2.75, 3.05) is 0 Å². The summed E-state index contributed by atoms with van der Waals surface area (Å²) in [6, 6.07) is 61.0. The molecule has 0 spiro atoms. The summed E-state index contributed by atoms with van der Waals surface area (Å²) in [6.07, 6.45) is 3.57. The Morgan fingerprint density at radius 3 is 1.53 bits per heavy atom. The summed E-state index contributed by atoms with van der Waals surface area (Å²) in [5, 5.41) is 9.35. The fraction of sp³-hybridized carbons (Fsp3) is 0. The Morgan fingerprint density at radius 2 is 0.792 bits per heavy atom. The number of nitrogens with zero attached hydrogens (tertiary/aromatic N) is 2. The first-order valence-electron chi connectivity index (χ1n) is 18.0. The number of fused-ring (bicyclic) bond motifs is 10. The molecule has 0 aliphatic carbocycles. The van der Waals surface area contributed by atoms with E-state index in [1.165, 1.54) is 43.8 Å². The molecule has 3 nitrogen and oxygen atoms in total. The minimum absolute atomic E-state index is 0.911. The van der Waals surface area contributed by atoms with Crippen LogP contribution < -0.4 is 0 Å². The lowest BCUT2D eigenvalue weighted by Crippen LogP contribution is -1.89. The molecular weight excluding hydrogens is 645 g/mol. The Labute approximate surface area is 305 Å². The van der Waals surface area contributed by atoms with Gasteiger partial charge in [0.05, 0.1) is 11.0 Å². The number of aromatic nitrogens is 2. The fourth-order valence-electron chi connectivity index (χ4n) is 8.32. The van der Waals surface area contributed by atoms with Gasteiger partial charge in [0.25, 0.3) is 0 Å².